The molecule has 0 bridgehead atoms. The van der Waals surface area contributed by atoms with Crippen molar-refractivity contribution in [1.82, 2.24) is 10.3 Å². The van der Waals surface area contributed by atoms with Crippen molar-refractivity contribution in [2.75, 3.05) is 6.54 Å². The Morgan fingerprint density at radius 1 is 1.37 bits per heavy atom. The zero-order valence-electron chi connectivity index (χ0n) is 12.9. The first-order valence-corrected chi connectivity index (χ1v) is 7.61. The summed E-state index contributed by atoms with van der Waals surface area (Å²) < 4.78 is 0. The van der Waals surface area contributed by atoms with Crippen molar-refractivity contribution >= 4 is 0 Å². The Bertz CT molecular complexity index is 385. The number of pyridine rings is 1. The summed E-state index contributed by atoms with van der Waals surface area (Å²) in [5.74, 6) is 0.909. The summed E-state index contributed by atoms with van der Waals surface area (Å²) >= 11 is 0. The second-order valence-electron chi connectivity index (χ2n) is 7.19. The van der Waals surface area contributed by atoms with Crippen molar-refractivity contribution in [3.8, 4) is 0 Å². The topological polar surface area (TPSA) is 24.9 Å². The van der Waals surface area contributed by atoms with E-state index in [1.807, 2.05) is 6.20 Å². The van der Waals surface area contributed by atoms with E-state index in [0.29, 0.717) is 5.41 Å². The van der Waals surface area contributed by atoms with Crippen LogP contribution < -0.4 is 5.32 Å². The second-order valence-corrected chi connectivity index (χ2v) is 7.19. The Balaban J connectivity index is 2.08. The molecule has 2 heteroatoms. The smallest absolute Gasteiger partial charge is 0.0306 e. The molecule has 0 atom stereocenters. The molecule has 1 aromatic rings. The summed E-state index contributed by atoms with van der Waals surface area (Å²) in [5.41, 5.74) is 1.92. The summed E-state index contributed by atoms with van der Waals surface area (Å²) in [7, 11) is 0. The van der Waals surface area contributed by atoms with Crippen LogP contribution in [0.5, 0.6) is 0 Å². The summed E-state index contributed by atoms with van der Waals surface area (Å²) in [4.78, 5) is 4.32. The van der Waals surface area contributed by atoms with E-state index in [-0.39, 0.29) is 5.54 Å². The number of nitrogens with zero attached hydrogens (tertiary/aromatic N) is 1. The highest BCUT2D eigenvalue weighted by Gasteiger charge is 2.45. The summed E-state index contributed by atoms with van der Waals surface area (Å²) in [6.45, 7) is 10.1. The molecule has 0 aliphatic heterocycles. The van der Waals surface area contributed by atoms with Crippen LogP contribution in [0.2, 0.25) is 0 Å². The van der Waals surface area contributed by atoms with Crippen molar-refractivity contribution in [3.63, 3.8) is 0 Å². The van der Waals surface area contributed by atoms with Gasteiger partial charge in [0, 0.05) is 29.9 Å². The van der Waals surface area contributed by atoms with Crippen molar-refractivity contribution in [2.45, 2.75) is 64.3 Å². The van der Waals surface area contributed by atoms with E-state index in [9.17, 15) is 0 Å². The van der Waals surface area contributed by atoms with E-state index in [2.05, 4.69) is 56.3 Å². The van der Waals surface area contributed by atoms with E-state index >= 15 is 0 Å². The fourth-order valence-corrected chi connectivity index (χ4v) is 3.25. The highest BCUT2D eigenvalue weighted by Crippen LogP contribution is 2.49. The van der Waals surface area contributed by atoms with Crippen LogP contribution in [0.15, 0.2) is 24.5 Å². The average Bonchev–Trinajstić information content (AvgIpc) is 2.32. The van der Waals surface area contributed by atoms with E-state index < -0.39 is 0 Å². The molecule has 0 amide bonds. The third-order valence-electron chi connectivity index (χ3n) is 4.29. The van der Waals surface area contributed by atoms with Crippen LogP contribution >= 0.6 is 0 Å². The van der Waals surface area contributed by atoms with Gasteiger partial charge in [-0.1, -0.05) is 25.8 Å². The van der Waals surface area contributed by atoms with Gasteiger partial charge in [0.2, 0.25) is 0 Å². The Kier molecular flexibility index (Phi) is 4.29. The number of aromatic nitrogens is 1. The van der Waals surface area contributed by atoms with Crippen LogP contribution in [0.25, 0.3) is 0 Å². The molecule has 1 saturated carbocycles. The van der Waals surface area contributed by atoms with Gasteiger partial charge < -0.3 is 5.32 Å². The Morgan fingerprint density at radius 2 is 2.11 bits per heavy atom. The van der Waals surface area contributed by atoms with Gasteiger partial charge in [-0.15, -0.1) is 0 Å². The van der Waals surface area contributed by atoms with Crippen molar-refractivity contribution in [3.05, 3.63) is 30.1 Å². The number of nitrogens with one attached hydrogen (secondary N) is 1. The highest BCUT2D eigenvalue weighted by atomic mass is 15.0. The van der Waals surface area contributed by atoms with Crippen LogP contribution in [0, 0.1) is 5.92 Å². The van der Waals surface area contributed by atoms with Crippen LogP contribution in [0.4, 0.5) is 0 Å². The maximum Gasteiger partial charge on any atom is 0.0306 e. The first kappa shape index (κ1) is 14.5. The van der Waals surface area contributed by atoms with Gasteiger partial charge in [0.1, 0.15) is 0 Å². The predicted molar refractivity (Wildman–Crippen MR) is 81.3 cm³/mol. The Labute approximate surface area is 118 Å². The minimum absolute atomic E-state index is 0.186. The van der Waals surface area contributed by atoms with Gasteiger partial charge >= 0.3 is 0 Å². The lowest BCUT2D eigenvalue weighted by Gasteiger charge is -2.49. The fourth-order valence-electron chi connectivity index (χ4n) is 3.25. The third kappa shape index (κ3) is 3.56. The van der Waals surface area contributed by atoms with Crippen molar-refractivity contribution < 1.29 is 0 Å². The van der Waals surface area contributed by atoms with E-state index in [4.69, 9.17) is 0 Å². The van der Waals surface area contributed by atoms with E-state index in [1.165, 1.54) is 31.2 Å². The summed E-state index contributed by atoms with van der Waals surface area (Å²) in [6, 6.07) is 4.32. The van der Waals surface area contributed by atoms with Crippen LogP contribution in [-0.4, -0.2) is 17.1 Å². The fraction of sp³-hybridized carbons (Fsp3) is 0.706. The molecular formula is C17H28N2. The first-order chi connectivity index (χ1) is 8.95. The zero-order valence-corrected chi connectivity index (χ0v) is 12.9. The van der Waals surface area contributed by atoms with E-state index in [0.717, 1.165) is 12.5 Å². The molecule has 106 valence electrons. The van der Waals surface area contributed by atoms with Crippen molar-refractivity contribution in [2.24, 2.45) is 5.92 Å². The molecule has 1 aliphatic rings. The second kappa shape index (κ2) is 5.62. The molecule has 0 unspecified atom stereocenters. The van der Waals surface area contributed by atoms with Gasteiger partial charge in [-0.05, 0) is 51.2 Å². The Hall–Kier alpha value is -0.890. The lowest BCUT2D eigenvalue weighted by Crippen LogP contribution is -2.52. The molecule has 1 N–H and O–H groups in total. The molecule has 0 spiro atoms. The van der Waals surface area contributed by atoms with Crippen LogP contribution in [0.3, 0.4) is 0 Å². The maximum atomic E-state index is 4.32. The molecule has 2 rings (SSSR count). The van der Waals surface area contributed by atoms with Crippen molar-refractivity contribution in [1.29, 1.82) is 0 Å². The highest BCUT2D eigenvalue weighted by molar-refractivity contribution is 5.27. The molecule has 1 aliphatic carbocycles. The van der Waals surface area contributed by atoms with Crippen LogP contribution in [0.1, 0.15) is 58.9 Å². The molecule has 0 radical (unpaired) electrons. The van der Waals surface area contributed by atoms with Crippen LogP contribution in [-0.2, 0) is 5.41 Å². The minimum Gasteiger partial charge on any atom is -0.311 e. The average molecular weight is 260 g/mol. The molecule has 19 heavy (non-hydrogen) atoms. The van der Waals surface area contributed by atoms with Gasteiger partial charge in [0.25, 0.3) is 0 Å². The monoisotopic (exact) mass is 260 g/mol. The minimum atomic E-state index is 0.186. The molecule has 1 fully saturated rings. The molecule has 0 saturated heterocycles. The standard InChI is InChI=1S/C17H28N2/c1-5-7-14-10-17(11-14,13-19-16(2,3)4)15-8-6-9-18-12-15/h6,8-9,12,14,19H,5,7,10-11,13H2,1-4H3. The Morgan fingerprint density at radius 3 is 2.63 bits per heavy atom. The molecule has 1 aromatic heterocycles. The molecule has 2 nitrogen and oxygen atoms in total. The van der Waals surface area contributed by atoms with Gasteiger partial charge in [0.05, 0.1) is 0 Å². The number of rotatable bonds is 5. The predicted octanol–water partition coefficient (Wildman–Crippen LogP) is 3.92. The SMILES string of the molecule is CCCC1CC(CNC(C)(C)C)(c2cccnc2)C1. The van der Waals surface area contributed by atoms with Gasteiger partial charge in [-0.3, -0.25) is 4.98 Å². The largest absolute Gasteiger partial charge is 0.311 e. The van der Waals surface area contributed by atoms with Gasteiger partial charge in [0.15, 0.2) is 0 Å². The summed E-state index contributed by atoms with van der Waals surface area (Å²) in [5, 5.41) is 3.70. The lowest BCUT2D eigenvalue weighted by atomic mass is 9.57. The lowest BCUT2D eigenvalue weighted by molar-refractivity contribution is 0.119. The quantitative estimate of drug-likeness (QED) is 0.868. The molecule has 1 heterocycles. The summed E-state index contributed by atoms with van der Waals surface area (Å²) in [6.07, 6.45) is 9.24. The number of hydrogen-bond donors (Lipinski definition) is 1. The zero-order chi connectivity index (χ0) is 13.9. The maximum absolute atomic E-state index is 4.32. The number of hydrogen-bond acceptors (Lipinski definition) is 2. The first-order valence-electron chi connectivity index (χ1n) is 7.61. The third-order valence-corrected chi connectivity index (χ3v) is 4.29. The van der Waals surface area contributed by atoms with Gasteiger partial charge in [-0.2, -0.15) is 0 Å². The van der Waals surface area contributed by atoms with Gasteiger partial charge in [-0.25, -0.2) is 0 Å². The normalized spacial score (nSPS) is 27.1. The molecular weight excluding hydrogens is 232 g/mol. The molecule has 0 aromatic carbocycles. The van der Waals surface area contributed by atoms with E-state index in [1.54, 1.807) is 0 Å².